The van der Waals surface area contributed by atoms with Gasteiger partial charge < -0.3 is 11.1 Å². The van der Waals surface area contributed by atoms with Gasteiger partial charge in [-0.2, -0.15) is 0 Å². The highest BCUT2D eigenvalue weighted by atomic mass is 79.9. The summed E-state index contributed by atoms with van der Waals surface area (Å²) in [4.78, 5) is 12.4. The predicted molar refractivity (Wildman–Crippen MR) is 93.2 cm³/mol. The van der Waals surface area contributed by atoms with Gasteiger partial charge in [-0.3, -0.25) is 4.79 Å². The Kier molecular flexibility index (Phi) is 4.74. The fourth-order valence-corrected chi connectivity index (χ4v) is 2.61. The highest BCUT2D eigenvalue weighted by molar-refractivity contribution is 9.10. The summed E-state index contributed by atoms with van der Waals surface area (Å²) in [6.45, 7) is 3.95. The minimum absolute atomic E-state index is 0.136. The van der Waals surface area contributed by atoms with Gasteiger partial charge in [0.2, 0.25) is 0 Å². The molecule has 0 aliphatic carbocycles. The van der Waals surface area contributed by atoms with E-state index in [4.69, 9.17) is 5.73 Å². The molecule has 0 radical (unpaired) electrons. The van der Waals surface area contributed by atoms with E-state index in [1.54, 1.807) is 18.2 Å². The quantitative estimate of drug-likeness (QED) is 0.732. The third kappa shape index (κ3) is 3.86. The van der Waals surface area contributed by atoms with Crippen molar-refractivity contribution in [1.29, 1.82) is 0 Å². The van der Waals surface area contributed by atoms with Crippen LogP contribution in [0.5, 0.6) is 0 Å². The number of hydrogen-bond donors (Lipinski definition) is 2. The molecular weight excluding hydrogens is 396 g/mol. The topological polar surface area (TPSA) is 55.1 Å². The van der Waals surface area contributed by atoms with Crippen LogP contribution < -0.4 is 11.1 Å². The molecule has 0 aliphatic rings. The first-order chi connectivity index (χ1) is 9.79. The van der Waals surface area contributed by atoms with Crippen molar-refractivity contribution in [1.82, 2.24) is 5.32 Å². The Morgan fingerprint density at radius 1 is 1.10 bits per heavy atom. The molecule has 3 N–H and O–H groups in total. The molecule has 0 bridgehead atoms. The molecule has 0 saturated heterocycles. The van der Waals surface area contributed by atoms with E-state index in [2.05, 4.69) is 37.2 Å². The summed E-state index contributed by atoms with van der Waals surface area (Å²) < 4.78 is 1.73. The fourth-order valence-electron chi connectivity index (χ4n) is 1.96. The van der Waals surface area contributed by atoms with Crippen LogP contribution in [0.4, 0.5) is 5.69 Å². The van der Waals surface area contributed by atoms with Crippen molar-refractivity contribution in [2.45, 2.75) is 19.4 Å². The lowest BCUT2D eigenvalue weighted by atomic mass is 9.94. The van der Waals surface area contributed by atoms with Gasteiger partial charge in [-0.05, 0) is 65.7 Å². The summed E-state index contributed by atoms with van der Waals surface area (Å²) in [5, 5.41) is 3.04. The second-order valence-corrected chi connectivity index (χ2v) is 7.09. The SMILES string of the molecule is CC(C)(NC(=O)c1ccc(N)c(Br)c1)c1ccc(Br)cc1. The Bertz CT molecular complexity index is 666. The lowest BCUT2D eigenvalue weighted by molar-refractivity contribution is 0.0912. The van der Waals surface area contributed by atoms with Crippen LogP contribution in [-0.2, 0) is 5.54 Å². The van der Waals surface area contributed by atoms with Crippen LogP contribution in [0.1, 0.15) is 29.8 Å². The highest BCUT2D eigenvalue weighted by Gasteiger charge is 2.23. The monoisotopic (exact) mass is 410 g/mol. The summed E-state index contributed by atoms with van der Waals surface area (Å²) >= 11 is 6.75. The maximum Gasteiger partial charge on any atom is 0.251 e. The minimum Gasteiger partial charge on any atom is -0.398 e. The molecule has 0 aliphatic heterocycles. The maximum absolute atomic E-state index is 12.4. The fraction of sp³-hybridized carbons (Fsp3) is 0.188. The van der Waals surface area contributed by atoms with Crippen molar-refractivity contribution in [3.8, 4) is 0 Å². The van der Waals surface area contributed by atoms with E-state index in [0.29, 0.717) is 11.3 Å². The third-order valence-electron chi connectivity index (χ3n) is 3.25. The normalized spacial score (nSPS) is 11.2. The molecule has 2 rings (SSSR count). The summed E-state index contributed by atoms with van der Waals surface area (Å²) in [5.74, 6) is -0.136. The van der Waals surface area contributed by atoms with Gasteiger partial charge in [0, 0.05) is 20.2 Å². The van der Waals surface area contributed by atoms with Gasteiger partial charge in [-0.15, -0.1) is 0 Å². The van der Waals surface area contributed by atoms with E-state index in [-0.39, 0.29) is 5.91 Å². The van der Waals surface area contributed by atoms with Gasteiger partial charge in [0.1, 0.15) is 0 Å². The molecule has 2 aromatic carbocycles. The molecule has 2 aromatic rings. The molecule has 3 nitrogen and oxygen atoms in total. The van der Waals surface area contributed by atoms with Gasteiger partial charge in [-0.1, -0.05) is 28.1 Å². The van der Waals surface area contributed by atoms with Gasteiger partial charge in [0.15, 0.2) is 0 Å². The zero-order valence-corrected chi connectivity index (χ0v) is 15.0. The van der Waals surface area contributed by atoms with Crippen molar-refractivity contribution >= 4 is 43.5 Å². The molecule has 0 atom stereocenters. The summed E-state index contributed by atoms with van der Waals surface area (Å²) in [5.41, 5.74) is 7.49. The second kappa shape index (κ2) is 6.20. The number of benzene rings is 2. The number of carbonyl (C=O) groups excluding carboxylic acids is 1. The molecule has 0 aromatic heterocycles. The zero-order chi connectivity index (χ0) is 15.6. The van der Waals surface area contributed by atoms with Crippen LogP contribution in [0.3, 0.4) is 0 Å². The lowest BCUT2D eigenvalue weighted by Gasteiger charge is -2.27. The molecule has 110 valence electrons. The van der Waals surface area contributed by atoms with Crippen LogP contribution in [0, 0.1) is 0 Å². The number of nitrogens with two attached hydrogens (primary N) is 1. The third-order valence-corrected chi connectivity index (χ3v) is 4.47. The smallest absolute Gasteiger partial charge is 0.251 e. The van der Waals surface area contributed by atoms with Crippen LogP contribution in [-0.4, -0.2) is 5.91 Å². The number of anilines is 1. The first-order valence-electron chi connectivity index (χ1n) is 6.43. The molecule has 0 spiro atoms. The zero-order valence-electron chi connectivity index (χ0n) is 11.8. The van der Waals surface area contributed by atoms with Crippen molar-refractivity contribution in [2.75, 3.05) is 5.73 Å². The Morgan fingerprint density at radius 3 is 2.29 bits per heavy atom. The molecule has 0 unspecified atom stereocenters. The predicted octanol–water partition coefficient (Wildman–Crippen LogP) is 4.46. The van der Waals surface area contributed by atoms with E-state index in [1.807, 2.05) is 38.1 Å². The standard InChI is InChI=1S/C16H16Br2N2O/c1-16(2,11-4-6-12(17)7-5-11)20-15(21)10-3-8-14(19)13(18)9-10/h3-9H,19H2,1-2H3,(H,20,21). The van der Waals surface area contributed by atoms with Crippen LogP contribution in [0.2, 0.25) is 0 Å². The average Bonchev–Trinajstić information content (AvgIpc) is 2.41. The Morgan fingerprint density at radius 2 is 1.71 bits per heavy atom. The van der Waals surface area contributed by atoms with Gasteiger partial charge in [0.25, 0.3) is 5.91 Å². The number of hydrogen-bond acceptors (Lipinski definition) is 2. The Labute approximate surface area is 141 Å². The number of nitrogen functional groups attached to an aromatic ring is 1. The van der Waals surface area contributed by atoms with E-state index >= 15 is 0 Å². The van der Waals surface area contributed by atoms with E-state index in [0.717, 1.165) is 14.5 Å². The first-order valence-corrected chi connectivity index (χ1v) is 8.02. The van der Waals surface area contributed by atoms with Crippen molar-refractivity contribution in [2.24, 2.45) is 0 Å². The molecule has 1 amide bonds. The number of carbonyl (C=O) groups is 1. The largest absolute Gasteiger partial charge is 0.398 e. The number of rotatable bonds is 3. The van der Waals surface area contributed by atoms with Crippen LogP contribution in [0.25, 0.3) is 0 Å². The van der Waals surface area contributed by atoms with Crippen LogP contribution in [0.15, 0.2) is 51.4 Å². The molecule has 0 heterocycles. The van der Waals surface area contributed by atoms with E-state index in [9.17, 15) is 4.79 Å². The molecule has 5 heteroatoms. The van der Waals surface area contributed by atoms with Crippen LogP contribution >= 0.6 is 31.9 Å². The summed E-state index contributed by atoms with van der Waals surface area (Å²) in [7, 11) is 0. The number of nitrogens with one attached hydrogen (secondary N) is 1. The van der Waals surface area contributed by atoms with E-state index < -0.39 is 5.54 Å². The van der Waals surface area contributed by atoms with Gasteiger partial charge in [0.05, 0.1) is 5.54 Å². The lowest BCUT2D eigenvalue weighted by Crippen LogP contribution is -2.41. The van der Waals surface area contributed by atoms with Crippen molar-refractivity contribution in [3.05, 3.63) is 62.5 Å². The number of amides is 1. The second-order valence-electron chi connectivity index (χ2n) is 5.32. The highest BCUT2D eigenvalue weighted by Crippen LogP contribution is 2.24. The van der Waals surface area contributed by atoms with E-state index in [1.165, 1.54) is 0 Å². The van der Waals surface area contributed by atoms with Crippen molar-refractivity contribution < 1.29 is 4.79 Å². The Hall–Kier alpha value is -1.33. The minimum atomic E-state index is -0.467. The first kappa shape index (κ1) is 16.0. The van der Waals surface area contributed by atoms with Gasteiger partial charge in [-0.25, -0.2) is 0 Å². The molecular formula is C16H16Br2N2O. The summed E-state index contributed by atoms with van der Waals surface area (Å²) in [6, 6.07) is 13.1. The Balaban J connectivity index is 2.21. The molecule has 0 saturated carbocycles. The number of halogens is 2. The van der Waals surface area contributed by atoms with Gasteiger partial charge >= 0.3 is 0 Å². The van der Waals surface area contributed by atoms with Crippen molar-refractivity contribution in [3.63, 3.8) is 0 Å². The molecule has 0 fully saturated rings. The average molecular weight is 412 g/mol. The molecule has 21 heavy (non-hydrogen) atoms. The summed E-state index contributed by atoms with van der Waals surface area (Å²) in [6.07, 6.45) is 0. The maximum atomic E-state index is 12.4.